The summed E-state index contributed by atoms with van der Waals surface area (Å²) in [5, 5.41) is 11.1. The maximum absolute atomic E-state index is 11.6. The van der Waals surface area contributed by atoms with Gasteiger partial charge in [-0.15, -0.1) is 0 Å². The smallest absolute Gasteiger partial charge is 0.322 e. The molecule has 0 bridgehead atoms. The van der Waals surface area contributed by atoms with Crippen LogP contribution in [0.25, 0.3) is 0 Å². The number of anilines is 1. The molecule has 1 N–H and O–H groups in total. The van der Waals surface area contributed by atoms with Gasteiger partial charge in [0, 0.05) is 7.05 Å². The van der Waals surface area contributed by atoms with E-state index >= 15 is 0 Å². The molecular weight excluding hydrogens is 206 g/mol. The maximum atomic E-state index is 11.6. The molecule has 0 atom stereocenters. The summed E-state index contributed by atoms with van der Waals surface area (Å²) in [5.74, 6) is 0.584. The van der Waals surface area contributed by atoms with Crippen LogP contribution in [-0.4, -0.2) is 31.6 Å². The van der Waals surface area contributed by atoms with Gasteiger partial charge in [-0.05, 0) is 12.1 Å². The lowest BCUT2D eigenvalue weighted by molar-refractivity contribution is 0.227. The van der Waals surface area contributed by atoms with E-state index in [1.54, 1.807) is 25.2 Å². The largest absolute Gasteiger partial charge is 0.495 e. The second-order valence-electron chi connectivity index (χ2n) is 3.14. The number of ether oxygens (including phenoxy) is 1. The first-order valence-electron chi connectivity index (χ1n) is 4.71. The number of hydrogen-bond acceptors (Lipinski definition) is 3. The van der Waals surface area contributed by atoms with Crippen molar-refractivity contribution >= 4 is 11.7 Å². The van der Waals surface area contributed by atoms with Crippen LogP contribution in [0.5, 0.6) is 5.75 Å². The normalized spacial score (nSPS) is 9.06. The van der Waals surface area contributed by atoms with Crippen LogP contribution in [0.15, 0.2) is 24.3 Å². The van der Waals surface area contributed by atoms with Gasteiger partial charge in [0.1, 0.15) is 12.3 Å². The Hall–Kier alpha value is -2.22. The summed E-state index contributed by atoms with van der Waals surface area (Å²) in [5.41, 5.74) is 0.583. The molecule has 0 fully saturated rings. The number of nitriles is 1. The number of carbonyl (C=O) groups excluding carboxylic acids is 1. The lowest BCUT2D eigenvalue weighted by atomic mass is 10.3. The van der Waals surface area contributed by atoms with Crippen LogP contribution in [0, 0.1) is 11.3 Å². The second-order valence-corrected chi connectivity index (χ2v) is 3.14. The molecule has 0 aliphatic heterocycles. The SMILES string of the molecule is COc1ccccc1NC(=O)N(C)CC#N. The van der Waals surface area contributed by atoms with Gasteiger partial charge in [-0.3, -0.25) is 0 Å². The number of nitrogens with one attached hydrogen (secondary N) is 1. The van der Waals surface area contributed by atoms with Gasteiger partial charge in [0.25, 0.3) is 0 Å². The van der Waals surface area contributed by atoms with Crippen LogP contribution in [-0.2, 0) is 0 Å². The summed E-state index contributed by atoms with van der Waals surface area (Å²) in [6, 6.07) is 8.65. The van der Waals surface area contributed by atoms with Crippen molar-refractivity contribution in [2.75, 3.05) is 26.0 Å². The molecule has 84 valence electrons. The van der Waals surface area contributed by atoms with Gasteiger partial charge in [0.2, 0.25) is 0 Å². The average molecular weight is 219 g/mol. The molecule has 0 aromatic heterocycles. The zero-order valence-corrected chi connectivity index (χ0v) is 9.23. The molecule has 0 spiro atoms. The zero-order chi connectivity index (χ0) is 12.0. The first-order valence-corrected chi connectivity index (χ1v) is 4.71. The standard InChI is InChI=1S/C11H13N3O2/c1-14(8-7-12)11(15)13-9-5-3-4-6-10(9)16-2/h3-6H,8H2,1-2H3,(H,13,15). The van der Waals surface area contributed by atoms with Crippen molar-refractivity contribution in [3.63, 3.8) is 0 Å². The van der Waals surface area contributed by atoms with Gasteiger partial charge in [-0.1, -0.05) is 12.1 Å². The molecule has 0 saturated heterocycles. The predicted octanol–water partition coefficient (Wildman–Crippen LogP) is 1.68. The van der Waals surface area contributed by atoms with E-state index in [1.807, 2.05) is 12.1 Å². The van der Waals surface area contributed by atoms with E-state index in [1.165, 1.54) is 12.0 Å². The molecule has 0 heterocycles. The molecule has 5 heteroatoms. The van der Waals surface area contributed by atoms with E-state index in [0.29, 0.717) is 11.4 Å². The van der Waals surface area contributed by atoms with Crippen LogP contribution in [0.2, 0.25) is 0 Å². The fourth-order valence-corrected chi connectivity index (χ4v) is 1.14. The van der Waals surface area contributed by atoms with Crippen LogP contribution in [0.4, 0.5) is 10.5 Å². The van der Waals surface area contributed by atoms with E-state index < -0.39 is 0 Å². The van der Waals surface area contributed by atoms with Gasteiger partial charge < -0.3 is 15.0 Å². The van der Waals surface area contributed by atoms with E-state index in [9.17, 15) is 4.79 Å². The summed E-state index contributed by atoms with van der Waals surface area (Å²) in [6.07, 6.45) is 0. The first-order chi connectivity index (χ1) is 7.69. The highest BCUT2D eigenvalue weighted by atomic mass is 16.5. The van der Waals surface area contributed by atoms with Crippen molar-refractivity contribution in [3.8, 4) is 11.8 Å². The number of methoxy groups -OCH3 is 1. The Bertz CT molecular complexity index is 412. The number of para-hydroxylation sites is 2. The van der Waals surface area contributed by atoms with E-state index in [-0.39, 0.29) is 12.6 Å². The van der Waals surface area contributed by atoms with E-state index in [4.69, 9.17) is 10.00 Å². The van der Waals surface area contributed by atoms with Crippen molar-refractivity contribution in [2.45, 2.75) is 0 Å². The Morgan fingerprint density at radius 2 is 2.25 bits per heavy atom. The molecule has 0 radical (unpaired) electrons. The van der Waals surface area contributed by atoms with Crippen molar-refractivity contribution in [2.24, 2.45) is 0 Å². The first kappa shape index (κ1) is 11.9. The monoisotopic (exact) mass is 219 g/mol. The van der Waals surface area contributed by atoms with Crippen molar-refractivity contribution in [1.82, 2.24) is 4.90 Å². The third kappa shape index (κ3) is 2.89. The molecule has 16 heavy (non-hydrogen) atoms. The van der Waals surface area contributed by atoms with E-state index in [0.717, 1.165) is 0 Å². The Balaban J connectivity index is 2.73. The number of benzene rings is 1. The number of rotatable bonds is 3. The third-order valence-electron chi connectivity index (χ3n) is 2.00. The fourth-order valence-electron chi connectivity index (χ4n) is 1.14. The number of hydrogen-bond donors (Lipinski definition) is 1. The highest BCUT2D eigenvalue weighted by Gasteiger charge is 2.10. The highest BCUT2D eigenvalue weighted by Crippen LogP contribution is 2.23. The molecule has 1 rings (SSSR count). The summed E-state index contributed by atoms with van der Waals surface area (Å²) in [6.45, 7) is 0.0426. The Labute approximate surface area is 94.2 Å². The van der Waals surface area contributed by atoms with E-state index in [2.05, 4.69) is 5.32 Å². The fraction of sp³-hybridized carbons (Fsp3) is 0.273. The lowest BCUT2D eigenvalue weighted by Crippen LogP contribution is -2.31. The van der Waals surface area contributed by atoms with Gasteiger partial charge in [-0.2, -0.15) is 5.26 Å². The van der Waals surface area contributed by atoms with Crippen LogP contribution in [0.3, 0.4) is 0 Å². The number of amides is 2. The van der Waals surface area contributed by atoms with Crippen molar-refractivity contribution in [3.05, 3.63) is 24.3 Å². The number of carbonyl (C=O) groups is 1. The van der Waals surface area contributed by atoms with Gasteiger partial charge in [-0.25, -0.2) is 4.79 Å². The topological polar surface area (TPSA) is 65.4 Å². The van der Waals surface area contributed by atoms with Gasteiger partial charge in [0.15, 0.2) is 0 Å². The highest BCUT2D eigenvalue weighted by molar-refractivity contribution is 5.90. The minimum atomic E-state index is -0.342. The quantitative estimate of drug-likeness (QED) is 0.786. The summed E-state index contributed by atoms with van der Waals surface area (Å²) >= 11 is 0. The molecule has 5 nitrogen and oxygen atoms in total. The molecule has 1 aromatic rings. The minimum Gasteiger partial charge on any atom is -0.495 e. The predicted molar refractivity (Wildman–Crippen MR) is 60.3 cm³/mol. The Morgan fingerprint density at radius 1 is 1.56 bits per heavy atom. The van der Waals surface area contributed by atoms with Crippen LogP contribution >= 0.6 is 0 Å². The summed E-state index contributed by atoms with van der Waals surface area (Å²) in [7, 11) is 3.08. The van der Waals surface area contributed by atoms with Crippen molar-refractivity contribution < 1.29 is 9.53 Å². The third-order valence-corrected chi connectivity index (χ3v) is 2.00. The second kappa shape index (κ2) is 5.61. The number of nitrogens with zero attached hydrogens (tertiary/aromatic N) is 2. The summed E-state index contributed by atoms with van der Waals surface area (Å²) in [4.78, 5) is 12.9. The summed E-state index contributed by atoms with van der Waals surface area (Å²) < 4.78 is 5.09. The average Bonchev–Trinajstić information content (AvgIpc) is 2.30. The minimum absolute atomic E-state index is 0.0426. The van der Waals surface area contributed by atoms with Crippen molar-refractivity contribution in [1.29, 1.82) is 5.26 Å². The molecule has 2 amide bonds. The van der Waals surface area contributed by atoms with Crippen LogP contribution < -0.4 is 10.1 Å². The molecule has 0 aliphatic carbocycles. The molecular formula is C11H13N3O2. The number of urea groups is 1. The molecule has 0 unspecified atom stereocenters. The molecule has 0 aliphatic rings. The molecule has 1 aromatic carbocycles. The lowest BCUT2D eigenvalue weighted by Gasteiger charge is -2.15. The Kier molecular flexibility index (Phi) is 4.16. The van der Waals surface area contributed by atoms with Crippen LogP contribution in [0.1, 0.15) is 0 Å². The maximum Gasteiger partial charge on any atom is 0.322 e. The van der Waals surface area contributed by atoms with Gasteiger partial charge >= 0.3 is 6.03 Å². The Morgan fingerprint density at radius 3 is 2.88 bits per heavy atom. The zero-order valence-electron chi connectivity index (χ0n) is 9.23. The van der Waals surface area contributed by atoms with Gasteiger partial charge in [0.05, 0.1) is 18.9 Å². The molecule has 0 saturated carbocycles.